The van der Waals surface area contributed by atoms with Crippen molar-refractivity contribution in [1.82, 2.24) is 4.90 Å². The summed E-state index contributed by atoms with van der Waals surface area (Å²) in [5, 5.41) is 2.56. The summed E-state index contributed by atoms with van der Waals surface area (Å²) < 4.78 is 26.1. The molecule has 2 aliphatic heterocycles. The topological polar surface area (TPSA) is 66.5 Å². The normalized spacial score (nSPS) is 19.7. The highest BCUT2D eigenvalue weighted by Crippen LogP contribution is 2.38. The van der Waals surface area contributed by atoms with Crippen molar-refractivity contribution < 1.29 is 13.2 Å². The average molecular weight is 370 g/mol. The molecule has 1 N–H and O–H groups in total. The van der Waals surface area contributed by atoms with Crippen LogP contribution in [0.15, 0.2) is 53.4 Å². The number of likely N-dealkylation sites (tertiary alicyclic amines) is 1. The minimum atomic E-state index is -3.51. The van der Waals surface area contributed by atoms with Gasteiger partial charge in [-0.25, -0.2) is 8.42 Å². The van der Waals surface area contributed by atoms with Crippen molar-refractivity contribution in [2.75, 3.05) is 25.0 Å². The number of para-hydroxylation sites is 1. The van der Waals surface area contributed by atoms with Crippen molar-refractivity contribution in [3.05, 3.63) is 59.7 Å². The number of rotatable bonds is 3. The molecule has 0 aliphatic carbocycles. The smallest absolute Gasteiger partial charge is 0.253 e. The van der Waals surface area contributed by atoms with Crippen molar-refractivity contribution in [1.29, 1.82) is 0 Å². The Morgan fingerprint density at radius 3 is 2.38 bits per heavy atom. The highest BCUT2D eigenvalue weighted by Gasteiger charge is 2.34. The molecule has 1 amide bonds. The van der Waals surface area contributed by atoms with Gasteiger partial charge in [-0.15, -0.1) is 0 Å². The fraction of sp³-hybridized carbons (Fsp3) is 0.350. The summed E-state index contributed by atoms with van der Waals surface area (Å²) in [5.41, 5.74) is 2.23. The van der Waals surface area contributed by atoms with Gasteiger partial charge in [-0.05, 0) is 55.2 Å². The lowest BCUT2D eigenvalue weighted by Crippen LogP contribution is -2.35. The van der Waals surface area contributed by atoms with Crippen molar-refractivity contribution >= 4 is 21.4 Å². The zero-order valence-corrected chi connectivity index (χ0v) is 15.3. The summed E-state index contributed by atoms with van der Waals surface area (Å²) in [7, 11) is -3.51. The molecule has 2 heterocycles. The Balaban J connectivity index is 1.57. The van der Waals surface area contributed by atoms with E-state index in [2.05, 4.69) is 5.32 Å². The number of amides is 1. The predicted molar refractivity (Wildman–Crippen MR) is 101 cm³/mol. The molecule has 0 spiro atoms. The van der Waals surface area contributed by atoms with Gasteiger partial charge >= 0.3 is 0 Å². The van der Waals surface area contributed by atoms with Gasteiger partial charge in [0, 0.05) is 30.9 Å². The van der Waals surface area contributed by atoms with E-state index in [0.29, 0.717) is 12.1 Å². The lowest BCUT2D eigenvalue weighted by atomic mass is 10.1. The maximum Gasteiger partial charge on any atom is 0.253 e. The van der Waals surface area contributed by atoms with Crippen molar-refractivity contribution in [2.45, 2.75) is 29.4 Å². The molecule has 0 bridgehead atoms. The first-order chi connectivity index (χ1) is 12.6. The lowest BCUT2D eigenvalue weighted by molar-refractivity contribution is 0.0724. The first-order valence-corrected chi connectivity index (χ1v) is 10.6. The predicted octanol–water partition coefficient (Wildman–Crippen LogP) is 3.25. The van der Waals surface area contributed by atoms with Crippen LogP contribution in [0, 0.1) is 0 Å². The molecular formula is C20H22N2O3S. The average Bonchev–Trinajstić information content (AvgIpc) is 3.13. The molecule has 2 aromatic carbocycles. The van der Waals surface area contributed by atoms with Crippen LogP contribution < -0.4 is 5.32 Å². The largest absolute Gasteiger partial charge is 0.383 e. The lowest BCUT2D eigenvalue weighted by Gasteiger charge is -2.26. The van der Waals surface area contributed by atoms with E-state index in [0.717, 1.165) is 43.6 Å². The van der Waals surface area contributed by atoms with Crippen LogP contribution in [0.2, 0.25) is 0 Å². The van der Waals surface area contributed by atoms with E-state index in [1.165, 1.54) is 0 Å². The Morgan fingerprint density at radius 1 is 0.962 bits per heavy atom. The van der Waals surface area contributed by atoms with Crippen LogP contribution in [-0.2, 0) is 9.84 Å². The van der Waals surface area contributed by atoms with Gasteiger partial charge in [-0.2, -0.15) is 0 Å². The molecule has 2 aliphatic rings. The number of anilines is 1. The summed E-state index contributed by atoms with van der Waals surface area (Å²) in [6, 6.07) is 13.9. The zero-order valence-electron chi connectivity index (χ0n) is 14.5. The molecule has 0 radical (unpaired) electrons. The van der Waals surface area contributed by atoms with Gasteiger partial charge in [0.2, 0.25) is 0 Å². The second-order valence-corrected chi connectivity index (χ2v) is 9.01. The van der Waals surface area contributed by atoms with Gasteiger partial charge in [-0.3, -0.25) is 4.79 Å². The third kappa shape index (κ3) is 2.98. The van der Waals surface area contributed by atoms with Crippen LogP contribution >= 0.6 is 0 Å². The molecule has 1 fully saturated rings. The maximum atomic E-state index is 13.0. The van der Waals surface area contributed by atoms with Gasteiger partial charge < -0.3 is 10.2 Å². The number of hydrogen-bond donors (Lipinski definition) is 1. The molecule has 2 aromatic rings. The Labute approximate surface area is 153 Å². The maximum absolute atomic E-state index is 13.0. The van der Waals surface area contributed by atoms with Gasteiger partial charge in [0.15, 0.2) is 9.84 Å². The SMILES string of the molecule is O=C(c1ccc(S(=O)(=O)C2CNc3ccccc32)cc1)N1CCCCC1. The van der Waals surface area contributed by atoms with Gasteiger partial charge in [0.05, 0.1) is 4.90 Å². The highest BCUT2D eigenvalue weighted by molar-refractivity contribution is 7.91. The van der Waals surface area contributed by atoms with Crippen LogP contribution in [0.25, 0.3) is 0 Å². The highest BCUT2D eigenvalue weighted by atomic mass is 32.2. The van der Waals surface area contributed by atoms with Gasteiger partial charge in [-0.1, -0.05) is 18.2 Å². The molecule has 0 aromatic heterocycles. The Bertz CT molecular complexity index is 916. The number of nitrogens with zero attached hydrogens (tertiary/aromatic N) is 1. The molecule has 136 valence electrons. The van der Waals surface area contributed by atoms with E-state index >= 15 is 0 Å². The van der Waals surface area contributed by atoms with Crippen LogP contribution in [0.1, 0.15) is 40.4 Å². The van der Waals surface area contributed by atoms with Crippen molar-refractivity contribution in [2.24, 2.45) is 0 Å². The summed E-state index contributed by atoms with van der Waals surface area (Å²) in [6.45, 7) is 1.93. The first kappa shape index (κ1) is 17.1. The molecule has 0 saturated carbocycles. The summed E-state index contributed by atoms with van der Waals surface area (Å²) >= 11 is 0. The quantitative estimate of drug-likeness (QED) is 0.901. The molecule has 1 atom stereocenters. The fourth-order valence-corrected chi connectivity index (χ4v) is 5.45. The third-order valence-electron chi connectivity index (χ3n) is 5.23. The molecular weight excluding hydrogens is 348 g/mol. The van der Waals surface area contributed by atoms with E-state index in [1.54, 1.807) is 24.3 Å². The third-order valence-corrected chi connectivity index (χ3v) is 7.33. The van der Waals surface area contributed by atoms with E-state index in [4.69, 9.17) is 0 Å². The minimum Gasteiger partial charge on any atom is -0.383 e. The molecule has 6 heteroatoms. The number of sulfone groups is 1. The monoisotopic (exact) mass is 370 g/mol. The van der Waals surface area contributed by atoms with Crippen molar-refractivity contribution in [3.8, 4) is 0 Å². The number of nitrogens with one attached hydrogen (secondary N) is 1. The molecule has 1 saturated heterocycles. The Morgan fingerprint density at radius 2 is 1.65 bits per heavy atom. The molecule has 1 unspecified atom stereocenters. The van der Waals surface area contributed by atoms with E-state index in [1.807, 2.05) is 29.2 Å². The number of fused-ring (bicyclic) bond motifs is 1. The Hall–Kier alpha value is -2.34. The number of carbonyl (C=O) groups excluding carboxylic acids is 1. The molecule has 5 nitrogen and oxygen atoms in total. The minimum absolute atomic E-state index is 0.0125. The van der Waals surface area contributed by atoms with Crippen LogP contribution in [0.3, 0.4) is 0 Å². The molecule has 4 rings (SSSR count). The molecule has 26 heavy (non-hydrogen) atoms. The number of piperidine rings is 1. The second-order valence-electron chi connectivity index (χ2n) is 6.88. The number of benzene rings is 2. The summed E-state index contributed by atoms with van der Waals surface area (Å²) in [4.78, 5) is 14.7. The summed E-state index contributed by atoms with van der Waals surface area (Å²) in [5.74, 6) is -0.0125. The van der Waals surface area contributed by atoms with E-state index in [-0.39, 0.29) is 10.8 Å². The van der Waals surface area contributed by atoms with Crippen LogP contribution in [0.5, 0.6) is 0 Å². The van der Waals surface area contributed by atoms with Gasteiger partial charge in [0.25, 0.3) is 5.91 Å². The van der Waals surface area contributed by atoms with Crippen molar-refractivity contribution in [3.63, 3.8) is 0 Å². The zero-order chi connectivity index (χ0) is 18.1. The second kappa shape index (κ2) is 6.76. The van der Waals surface area contributed by atoms with Gasteiger partial charge in [0.1, 0.15) is 5.25 Å². The fourth-order valence-electron chi connectivity index (χ4n) is 3.76. The summed E-state index contributed by atoms with van der Waals surface area (Å²) in [6.07, 6.45) is 3.23. The number of carbonyl (C=O) groups is 1. The van der Waals surface area contributed by atoms with Crippen LogP contribution in [0.4, 0.5) is 5.69 Å². The van der Waals surface area contributed by atoms with Crippen LogP contribution in [-0.4, -0.2) is 38.9 Å². The number of hydrogen-bond acceptors (Lipinski definition) is 4. The first-order valence-electron chi connectivity index (χ1n) is 9.03. The van der Waals surface area contributed by atoms with E-state index in [9.17, 15) is 13.2 Å². The van der Waals surface area contributed by atoms with E-state index < -0.39 is 15.1 Å². The Kier molecular flexibility index (Phi) is 4.44. The standard InChI is InChI=1S/C20H22N2O3S/c23-20(22-12-4-1-5-13-22)15-8-10-16(11-9-15)26(24,25)19-14-21-18-7-3-2-6-17(18)19/h2-3,6-11,19,21H,1,4-5,12-14H2.